The zero-order valence-electron chi connectivity index (χ0n) is 13.1. The van der Waals surface area contributed by atoms with Gasteiger partial charge in [-0.05, 0) is 50.2 Å². The van der Waals surface area contributed by atoms with Gasteiger partial charge in [-0.3, -0.25) is 4.79 Å². The fourth-order valence-corrected chi connectivity index (χ4v) is 2.82. The maximum atomic E-state index is 12.2. The van der Waals surface area contributed by atoms with E-state index in [2.05, 4.69) is 19.2 Å². The molecule has 116 valence electrons. The Kier molecular flexibility index (Phi) is 5.23. The molecule has 0 saturated heterocycles. The van der Waals surface area contributed by atoms with Crippen molar-refractivity contribution in [2.75, 3.05) is 11.1 Å². The predicted molar refractivity (Wildman–Crippen MR) is 86.0 cm³/mol. The minimum absolute atomic E-state index is 0.140. The zero-order valence-corrected chi connectivity index (χ0v) is 13.1. The Morgan fingerprint density at radius 3 is 2.67 bits per heavy atom. The molecule has 0 spiro atoms. The smallest absolute Gasteiger partial charge is 0.253 e. The standard InChI is InChI=1S/C17H26N2O2/c1-11-8-9-14(10-12(11)2)21-13(3)17(20)19-16-7-5-4-6-15(16)18/h4-7,11-14H,8-10,18H2,1-3H3,(H,19,20). The van der Waals surface area contributed by atoms with Crippen LogP contribution in [-0.2, 0) is 9.53 Å². The summed E-state index contributed by atoms with van der Waals surface area (Å²) < 4.78 is 5.93. The molecule has 1 aromatic carbocycles. The summed E-state index contributed by atoms with van der Waals surface area (Å²) in [7, 11) is 0. The second-order valence-electron chi connectivity index (χ2n) is 6.24. The Balaban J connectivity index is 1.87. The van der Waals surface area contributed by atoms with E-state index in [1.807, 2.05) is 12.1 Å². The Bertz CT molecular complexity index is 489. The van der Waals surface area contributed by atoms with Gasteiger partial charge in [-0.1, -0.05) is 26.0 Å². The monoisotopic (exact) mass is 290 g/mol. The highest BCUT2D eigenvalue weighted by Gasteiger charge is 2.27. The quantitative estimate of drug-likeness (QED) is 0.835. The van der Waals surface area contributed by atoms with Crippen molar-refractivity contribution in [1.82, 2.24) is 0 Å². The molecule has 2 rings (SSSR count). The minimum atomic E-state index is -0.463. The number of carbonyl (C=O) groups excluding carboxylic acids is 1. The molecule has 3 N–H and O–H groups in total. The first kappa shape index (κ1) is 15.8. The third kappa shape index (κ3) is 4.21. The van der Waals surface area contributed by atoms with E-state index in [-0.39, 0.29) is 12.0 Å². The largest absolute Gasteiger partial charge is 0.397 e. The normalized spacial score (nSPS) is 27.1. The van der Waals surface area contributed by atoms with Gasteiger partial charge in [0.25, 0.3) is 5.91 Å². The first-order valence-corrected chi connectivity index (χ1v) is 7.78. The number of rotatable bonds is 4. The van der Waals surface area contributed by atoms with E-state index >= 15 is 0 Å². The van der Waals surface area contributed by atoms with Gasteiger partial charge in [0.05, 0.1) is 17.5 Å². The fraction of sp³-hybridized carbons (Fsp3) is 0.588. The van der Waals surface area contributed by atoms with Gasteiger partial charge in [-0.2, -0.15) is 0 Å². The van der Waals surface area contributed by atoms with E-state index in [0.29, 0.717) is 17.3 Å². The third-order valence-corrected chi connectivity index (χ3v) is 4.53. The maximum Gasteiger partial charge on any atom is 0.253 e. The molecule has 0 aliphatic heterocycles. The van der Waals surface area contributed by atoms with Crippen molar-refractivity contribution >= 4 is 17.3 Å². The van der Waals surface area contributed by atoms with Crippen LogP contribution in [0.15, 0.2) is 24.3 Å². The van der Waals surface area contributed by atoms with E-state index in [1.54, 1.807) is 19.1 Å². The second kappa shape index (κ2) is 6.94. The molecule has 1 saturated carbocycles. The van der Waals surface area contributed by atoms with Gasteiger partial charge in [0.15, 0.2) is 0 Å². The van der Waals surface area contributed by atoms with E-state index < -0.39 is 6.10 Å². The average Bonchev–Trinajstić information content (AvgIpc) is 2.45. The van der Waals surface area contributed by atoms with E-state index in [1.165, 1.54) is 6.42 Å². The predicted octanol–water partition coefficient (Wildman–Crippen LogP) is 3.44. The molecule has 4 atom stereocenters. The number of ether oxygens (including phenoxy) is 1. The van der Waals surface area contributed by atoms with Gasteiger partial charge in [-0.25, -0.2) is 0 Å². The van der Waals surface area contributed by atoms with Crippen LogP contribution < -0.4 is 11.1 Å². The Morgan fingerprint density at radius 1 is 1.29 bits per heavy atom. The third-order valence-electron chi connectivity index (χ3n) is 4.53. The minimum Gasteiger partial charge on any atom is -0.397 e. The Labute approximate surface area is 127 Å². The van der Waals surface area contributed by atoms with Crippen molar-refractivity contribution in [2.45, 2.75) is 52.2 Å². The van der Waals surface area contributed by atoms with Gasteiger partial charge in [0.1, 0.15) is 6.10 Å². The number of nitrogen functional groups attached to an aromatic ring is 1. The highest BCUT2D eigenvalue weighted by Crippen LogP contribution is 2.31. The SMILES string of the molecule is CC(OC1CCC(C)C(C)C1)C(=O)Nc1ccccc1N. The summed E-state index contributed by atoms with van der Waals surface area (Å²) >= 11 is 0. The van der Waals surface area contributed by atoms with Crippen molar-refractivity contribution in [3.63, 3.8) is 0 Å². The van der Waals surface area contributed by atoms with Crippen molar-refractivity contribution in [1.29, 1.82) is 0 Å². The van der Waals surface area contributed by atoms with Crippen LogP contribution in [0.25, 0.3) is 0 Å². The van der Waals surface area contributed by atoms with Crippen molar-refractivity contribution < 1.29 is 9.53 Å². The summed E-state index contributed by atoms with van der Waals surface area (Å²) in [5.41, 5.74) is 7.04. The van der Waals surface area contributed by atoms with Crippen LogP contribution in [-0.4, -0.2) is 18.1 Å². The van der Waals surface area contributed by atoms with Gasteiger partial charge >= 0.3 is 0 Å². The molecular formula is C17H26N2O2. The van der Waals surface area contributed by atoms with E-state index in [4.69, 9.17) is 10.5 Å². The number of hydrogen-bond donors (Lipinski definition) is 2. The molecule has 1 aliphatic rings. The molecule has 4 nitrogen and oxygen atoms in total. The number of anilines is 2. The second-order valence-corrected chi connectivity index (χ2v) is 6.24. The van der Waals surface area contributed by atoms with Gasteiger partial charge in [0, 0.05) is 0 Å². The summed E-state index contributed by atoms with van der Waals surface area (Å²) in [5.74, 6) is 1.26. The van der Waals surface area contributed by atoms with Crippen molar-refractivity contribution in [2.24, 2.45) is 11.8 Å². The maximum absolute atomic E-state index is 12.2. The lowest BCUT2D eigenvalue weighted by molar-refractivity contribution is -0.132. The first-order valence-electron chi connectivity index (χ1n) is 7.78. The lowest BCUT2D eigenvalue weighted by Crippen LogP contribution is -2.35. The molecule has 1 aromatic rings. The topological polar surface area (TPSA) is 64.3 Å². The van der Waals surface area contributed by atoms with Crippen molar-refractivity contribution in [3.05, 3.63) is 24.3 Å². The lowest BCUT2D eigenvalue weighted by atomic mass is 9.80. The van der Waals surface area contributed by atoms with Crippen LogP contribution in [0.5, 0.6) is 0 Å². The van der Waals surface area contributed by atoms with Crippen LogP contribution >= 0.6 is 0 Å². The number of nitrogens with two attached hydrogens (primary N) is 1. The van der Waals surface area contributed by atoms with Crippen LogP contribution in [0.2, 0.25) is 0 Å². The van der Waals surface area contributed by atoms with Crippen LogP contribution in [0.4, 0.5) is 11.4 Å². The molecule has 0 bridgehead atoms. The van der Waals surface area contributed by atoms with Crippen molar-refractivity contribution in [3.8, 4) is 0 Å². The highest BCUT2D eigenvalue weighted by molar-refractivity contribution is 5.96. The summed E-state index contributed by atoms with van der Waals surface area (Å²) in [6, 6.07) is 7.26. The van der Waals surface area contributed by atoms with E-state index in [9.17, 15) is 4.79 Å². The number of nitrogens with one attached hydrogen (secondary N) is 1. The van der Waals surface area contributed by atoms with Gasteiger partial charge in [-0.15, -0.1) is 0 Å². The Hall–Kier alpha value is -1.55. The summed E-state index contributed by atoms with van der Waals surface area (Å²) in [5, 5.41) is 2.83. The van der Waals surface area contributed by atoms with Crippen LogP contribution in [0, 0.1) is 11.8 Å². The Morgan fingerprint density at radius 2 is 2.00 bits per heavy atom. The van der Waals surface area contributed by atoms with Gasteiger partial charge < -0.3 is 15.8 Å². The number of para-hydroxylation sites is 2. The number of carbonyl (C=O) groups is 1. The lowest BCUT2D eigenvalue weighted by Gasteiger charge is -2.33. The molecule has 0 radical (unpaired) electrons. The number of hydrogen-bond acceptors (Lipinski definition) is 3. The average molecular weight is 290 g/mol. The molecule has 0 aromatic heterocycles. The van der Waals surface area contributed by atoms with E-state index in [0.717, 1.165) is 18.8 Å². The molecule has 1 fully saturated rings. The van der Waals surface area contributed by atoms with Gasteiger partial charge in [0.2, 0.25) is 0 Å². The zero-order chi connectivity index (χ0) is 15.4. The highest BCUT2D eigenvalue weighted by atomic mass is 16.5. The molecular weight excluding hydrogens is 264 g/mol. The van der Waals surface area contributed by atoms with Crippen LogP contribution in [0.3, 0.4) is 0 Å². The number of benzene rings is 1. The summed E-state index contributed by atoms with van der Waals surface area (Å²) in [6.07, 6.45) is 2.97. The molecule has 21 heavy (non-hydrogen) atoms. The summed E-state index contributed by atoms with van der Waals surface area (Å²) in [4.78, 5) is 12.2. The molecule has 4 heteroatoms. The molecule has 0 heterocycles. The molecule has 1 aliphatic carbocycles. The first-order chi connectivity index (χ1) is 9.97. The van der Waals surface area contributed by atoms with Crippen LogP contribution in [0.1, 0.15) is 40.0 Å². The molecule has 4 unspecified atom stereocenters. The number of amides is 1. The fourth-order valence-electron chi connectivity index (χ4n) is 2.82. The molecule has 1 amide bonds. The summed E-state index contributed by atoms with van der Waals surface area (Å²) in [6.45, 7) is 6.35.